The fourth-order valence-electron chi connectivity index (χ4n) is 3.47. The van der Waals surface area contributed by atoms with Crippen LogP contribution in [0.1, 0.15) is 42.6 Å². The minimum Gasteiger partial charge on any atom is -0.340 e. The summed E-state index contributed by atoms with van der Waals surface area (Å²) in [6.45, 7) is 6.34. The van der Waals surface area contributed by atoms with Gasteiger partial charge in [-0.1, -0.05) is 38.1 Å². The number of carbonyl (C=O) groups excluding carboxylic acids is 3. The van der Waals surface area contributed by atoms with Gasteiger partial charge in [0.1, 0.15) is 6.04 Å². The summed E-state index contributed by atoms with van der Waals surface area (Å²) < 4.78 is 0. The third-order valence-electron chi connectivity index (χ3n) is 5.12. The van der Waals surface area contributed by atoms with Crippen LogP contribution in [0, 0.1) is 12.8 Å². The topological polar surface area (TPSA) is 78.5 Å². The van der Waals surface area contributed by atoms with Gasteiger partial charge in [-0.25, -0.2) is 0 Å². The quantitative estimate of drug-likeness (QED) is 0.788. The zero-order chi connectivity index (χ0) is 21.0. The molecule has 1 aliphatic rings. The molecule has 0 bridgehead atoms. The number of rotatable bonds is 6. The number of aryl methyl sites for hydroxylation is 1. The Morgan fingerprint density at radius 1 is 1.07 bits per heavy atom. The van der Waals surface area contributed by atoms with Crippen molar-refractivity contribution < 1.29 is 14.4 Å². The van der Waals surface area contributed by atoms with Crippen molar-refractivity contribution in [2.24, 2.45) is 5.92 Å². The van der Waals surface area contributed by atoms with Crippen LogP contribution in [0.5, 0.6) is 0 Å². The molecule has 0 spiro atoms. The van der Waals surface area contributed by atoms with Crippen molar-refractivity contribution in [2.75, 3.05) is 16.8 Å². The Hall–Kier alpha value is -3.15. The molecule has 0 unspecified atom stereocenters. The van der Waals surface area contributed by atoms with Crippen molar-refractivity contribution in [2.45, 2.75) is 39.7 Å². The van der Waals surface area contributed by atoms with Gasteiger partial charge < -0.3 is 15.5 Å². The summed E-state index contributed by atoms with van der Waals surface area (Å²) in [5.41, 5.74) is 2.79. The van der Waals surface area contributed by atoms with Crippen molar-refractivity contribution >= 4 is 29.1 Å². The number of nitrogens with zero attached hydrogens (tertiary/aromatic N) is 1. The molecule has 2 N–H and O–H groups in total. The number of carbonyl (C=O) groups is 3. The van der Waals surface area contributed by atoms with Crippen LogP contribution in [0.2, 0.25) is 0 Å². The van der Waals surface area contributed by atoms with Gasteiger partial charge in [0.15, 0.2) is 0 Å². The first-order valence-electron chi connectivity index (χ1n) is 9.94. The molecule has 1 heterocycles. The number of nitrogens with one attached hydrogen (secondary N) is 2. The lowest BCUT2D eigenvalue weighted by Crippen LogP contribution is -2.47. The molecular formula is C23H27N3O3. The molecule has 152 valence electrons. The fraction of sp³-hybridized carbons (Fsp3) is 0.348. The molecule has 0 saturated carbocycles. The average Bonchev–Trinajstić information content (AvgIpc) is 3.12. The van der Waals surface area contributed by atoms with Crippen molar-refractivity contribution in [3.8, 4) is 0 Å². The van der Waals surface area contributed by atoms with Crippen molar-refractivity contribution in [3.63, 3.8) is 0 Å². The molecule has 2 aromatic rings. The van der Waals surface area contributed by atoms with Crippen LogP contribution in [-0.2, 0) is 9.59 Å². The Bertz CT molecular complexity index is 923. The van der Waals surface area contributed by atoms with E-state index in [0.717, 1.165) is 17.7 Å². The summed E-state index contributed by atoms with van der Waals surface area (Å²) in [5, 5.41) is 5.74. The van der Waals surface area contributed by atoms with E-state index < -0.39 is 6.04 Å². The lowest BCUT2D eigenvalue weighted by Gasteiger charge is -2.23. The molecule has 1 fully saturated rings. The van der Waals surface area contributed by atoms with E-state index in [4.69, 9.17) is 0 Å². The Morgan fingerprint density at radius 2 is 1.83 bits per heavy atom. The number of anilines is 2. The van der Waals surface area contributed by atoms with E-state index in [1.165, 1.54) is 0 Å². The minimum atomic E-state index is -0.681. The molecule has 3 amide bonds. The van der Waals surface area contributed by atoms with Gasteiger partial charge in [0, 0.05) is 29.9 Å². The first kappa shape index (κ1) is 20.6. The van der Waals surface area contributed by atoms with E-state index >= 15 is 0 Å². The molecule has 6 nitrogen and oxygen atoms in total. The highest BCUT2D eigenvalue weighted by molar-refractivity contribution is 6.02. The van der Waals surface area contributed by atoms with Gasteiger partial charge in [0.2, 0.25) is 11.8 Å². The van der Waals surface area contributed by atoms with Crippen molar-refractivity contribution in [3.05, 3.63) is 59.7 Å². The first-order chi connectivity index (χ1) is 13.9. The summed E-state index contributed by atoms with van der Waals surface area (Å²) in [7, 11) is 0. The van der Waals surface area contributed by atoms with Crippen LogP contribution >= 0.6 is 0 Å². The lowest BCUT2D eigenvalue weighted by atomic mass is 10.0. The van der Waals surface area contributed by atoms with E-state index in [1.54, 1.807) is 29.2 Å². The monoisotopic (exact) mass is 393 g/mol. The molecule has 1 saturated heterocycles. The number of benzene rings is 2. The van der Waals surface area contributed by atoms with E-state index in [2.05, 4.69) is 10.6 Å². The number of amides is 3. The molecule has 3 rings (SSSR count). The second-order valence-electron chi connectivity index (χ2n) is 7.70. The standard InChI is InChI=1S/C23H27N3O3/c1-15(2)21(25-22(28)19-11-5-4-8-16(19)3)23(29)24-17-9-6-10-18(14-17)26-13-7-12-20(26)27/h4-6,8-11,14-15,21H,7,12-13H2,1-3H3,(H,24,29)(H,25,28)/t21-/m0/s1. The number of hydrogen-bond acceptors (Lipinski definition) is 3. The van der Waals surface area contributed by atoms with Crippen LogP contribution < -0.4 is 15.5 Å². The van der Waals surface area contributed by atoms with Gasteiger partial charge in [0.05, 0.1) is 0 Å². The Labute approximate surface area is 171 Å². The fourth-order valence-corrected chi connectivity index (χ4v) is 3.47. The predicted octanol–water partition coefficient (Wildman–Crippen LogP) is 3.51. The highest BCUT2D eigenvalue weighted by Gasteiger charge is 2.26. The molecule has 1 aliphatic heterocycles. The van der Waals surface area contributed by atoms with Crippen LogP contribution in [0.25, 0.3) is 0 Å². The Morgan fingerprint density at radius 3 is 2.48 bits per heavy atom. The van der Waals surface area contributed by atoms with E-state index in [0.29, 0.717) is 24.2 Å². The molecule has 6 heteroatoms. The second kappa shape index (κ2) is 8.90. The summed E-state index contributed by atoms with van der Waals surface area (Å²) >= 11 is 0. The van der Waals surface area contributed by atoms with Gasteiger partial charge in [-0.2, -0.15) is 0 Å². The zero-order valence-electron chi connectivity index (χ0n) is 17.1. The molecular weight excluding hydrogens is 366 g/mol. The Kier molecular flexibility index (Phi) is 6.32. The molecule has 0 radical (unpaired) electrons. The molecule has 0 aromatic heterocycles. The van der Waals surface area contributed by atoms with Gasteiger partial charge in [-0.05, 0) is 49.1 Å². The highest BCUT2D eigenvalue weighted by atomic mass is 16.2. The second-order valence-corrected chi connectivity index (χ2v) is 7.70. The maximum Gasteiger partial charge on any atom is 0.252 e. The maximum absolute atomic E-state index is 12.9. The van der Waals surface area contributed by atoms with Crippen molar-refractivity contribution in [1.29, 1.82) is 0 Å². The SMILES string of the molecule is Cc1ccccc1C(=O)N[C@H](C(=O)Nc1cccc(N2CCCC2=O)c1)C(C)C. The van der Waals surface area contributed by atoms with Crippen LogP contribution in [0.4, 0.5) is 11.4 Å². The van der Waals surface area contributed by atoms with Gasteiger partial charge >= 0.3 is 0 Å². The first-order valence-corrected chi connectivity index (χ1v) is 9.94. The van der Waals surface area contributed by atoms with E-state index in [1.807, 2.05) is 45.0 Å². The van der Waals surface area contributed by atoms with Gasteiger partial charge in [-0.15, -0.1) is 0 Å². The summed E-state index contributed by atoms with van der Waals surface area (Å²) in [5.74, 6) is -0.550. The molecule has 1 atom stereocenters. The number of hydrogen-bond donors (Lipinski definition) is 2. The van der Waals surface area contributed by atoms with Gasteiger partial charge in [-0.3, -0.25) is 14.4 Å². The zero-order valence-corrected chi connectivity index (χ0v) is 17.1. The summed E-state index contributed by atoms with van der Waals surface area (Å²) in [6, 6.07) is 13.9. The molecule has 2 aromatic carbocycles. The highest BCUT2D eigenvalue weighted by Crippen LogP contribution is 2.24. The van der Waals surface area contributed by atoms with Crippen LogP contribution in [-0.4, -0.2) is 30.3 Å². The summed E-state index contributed by atoms with van der Waals surface area (Å²) in [6.07, 6.45) is 1.40. The van der Waals surface area contributed by atoms with E-state index in [-0.39, 0.29) is 23.6 Å². The normalized spacial score (nSPS) is 14.8. The largest absolute Gasteiger partial charge is 0.340 e. The molecule has 0 aliphatic carbocycles. The summed E-state index contributed by atoms with van der Waals surface area (Å²) in [4.78, 5) is 39.3. The molecule has 29 heavy (non-hydrogen) atoms. The smallest absolute Gasteiger partial charge is 0.252 e. The van der Waals surface area contributed by atoms with Crippen LogP contribution in [0.15, 0.2) is 48.5 Å². The Balaban J connectivity index is 1.72. The predicted molar refractivity (Wildman–Crippen MR) is 114 cm³/mol. The third kappa shape index (κ3) is 4.83. The van der Waals surface area contributed by atoms with Gasteiger partial charge in [0.25, 0.3) is 5.91 Å². The maximum atomic E-state index is 12.9. The lowest BCUT2D eigenvalue weighted by molar-refractivity contribution is -0.119. The van der Waals surface area contributed by atoms with Crippen molar-refractivity contribution in [1.82, 2.24) is 5.32 Å². The van der Waals surface area contributed by atoms with Crippen LogP contribution in [0.3, 0.4) is 0 Å². The third-order valence-corrected chi connectivity index (χ3v) is 5.12. The average molecular weight is 393 g/mol. The minimum absolute atomic E-state index is 0.0914. The van der Waals surface area contributed by atoms with E-state index in [9.17, 15) is 14.4 Å².